The number of esters is 1. The van der Waals surface area contributed by atoms with E-state index in [-0.39, 0.29) is 10.7 Å². The zero-order valence-corrected chi connectivity index (χ0v) is 15.1. The smallest absolute Gasteiger partial charge is 0.340 e. The van der Waals surface area contributed by atoms with Crippen molar-refractivity contribution < 1.29 is 18.7 Å². The SMILES string of the molecule is CC.COC(=O)c1cnc(Cl)cc1C1=CC(C(C)F)NC=C1OC. The number of ether oxygens (including phenoxy) is 2. The molecule has 132 valence electrons. The maximum atomic E-state index is 13.6. The summed E-state index contributed by atoms with van der Waals surface area (Å²) in [5, 5.41) is 3.10. The minimum atomic E-state index is -1.12. The second kappa shape index (κ2) is 9.27. The highest BCUT2D eigenvalue weighted by Crippen LogP contribution is 2.31. The Labute approximate surface area is 146 Å². The summed E-state index contributed by atoms with van der Waals surface area (Å²) in [5.74, 6) is -0.0942. The largest absolute Gasteiger partial charge is 0.495 e. The van der Waals surface area contributed by atoms with Gasteiger partial charge in [-0.3, -0.25) is 0 Å². The van der Waals surface area contributed by atoms with Crippen LogP contribution >= 0.6 is 11.6 Å². The Morgan fingerprint density at radius 2 is 2.08 bits per heavy atom. The topological polar surface area (TPSA) is 60.5 Å². The molecule has 0 radical (unpaired) electrons. The van der Waals surface area contributed by atoms with Crippen LogP contribution in [0.15, 0.2) is 30.3 Å². The van der Waals surface area contributed by atoms with Gasteiger partial charge in [0, 0.05) is 23.5 Å². The van der Waals surface area contributed by atoms with E-state index in [0.717, 1.165) is 0 Å². The summed E-state index contributed by atoms with van der Waals surface area (Å²) in [4.78, 5) is 15.8. The highest BCUT2D eigenvalue weighted by Gasteiger charge is 2.25. The molecule has 2 unspecified atom stereocenters. The van der Waals surface area contributed by atoms with Gasteiger partial charge in [0.1, 0.15) is 17.1 Å². The van der Waals surface area contributed by atoms with Gasteiger partial charge in [0.25, 0.3) is 0 Å². The Balaban J connectivity index is 0.00000139. The Morgan fingerprint density at radius 1 is 1.42 bits per heavy atom. The molecule has 5 nitrogen and oxygen atoms in total. The first-order chi connectivity index (χ1) is 11.5. The van der Waals surface area contributed by atoms with Gasteiger partial charge in [-0.15, -0.1) is 0 Å². The Kier molecular flexibility index (Phi) is 7.71. The van der Waals surface area contributed by atoms with E-state index < -0.39 is 18.2 Å². The highest BCUT2D eigenvalue weighted by molar-refractivity contribution is 6.29. The van der Waals surface area contributed by atoms with Crippen molar-refractivity contribution in [3.8, 4) is 0 Å². The number of alkyl halides is 1. The van der Waals surface area contributed by atoms with Crippen LogP contribution in [0.1, 0.15) is 36.7 Å². The Hall–Kier alpha value is -2.08. The van der Waals surface area contributed by atoms with Crippen molar-refractivity contribution in [1.82, 2.24) is 10.3 Å². The molecule has 2 rings (SSSR count). The highest BCUT2D eigenvalue weighted by atomic mass is 35.5. The lowest BCUT2D eigenvalue weighted by atomic mass is 9.95. The van der Waals surface area contributed by atoms with Gasteiger partial charge in [-0.1, -0.05) is 25.4 Å². The summed E-state index contributed by atoms with van der Waals surface area (Å²) in [6.07, 6.45) is 3.42. The number of carbonyl (C=O) groups is 1. The molecule has 2 atom stereocenters. The molecule has 0 spiro atoms. The van der Waals surface area contributed by atoms with Crippen molar-refractivity contribution in [2.24, 2.45) is 0 Å². The maximum Gasteiger partial charge on any atom is 0.340 e. The van der Waals surface area contributed by atoms with Crippen molar-refractivity contribution in [3.05, 3.63) is 46.6 Å². The quantitative estimate of drug-likeness (QED) is 0.657. The van der Waals surface area contributed by atoms with Crippen LogP contribution in [0.3, 0.4) is 0 Å². The molecule has 0 aromatic carbocycles. The number of hydrogen-bond donors (Lipinski definition) is 1. The van der Waals surface area contributed by atoms with E-state index in [1.807, 2.05) is 13.8 Å². The number of carbonyl (C=O) groups excluding carboxylic acids is 1. The Morgan fingerprint density at radius 3 is 2.62 bits per heavy atom. The normalized spacial score (nSPS) is 17.4. The van der Waals surface area contributed by atoms with Gasteiger partial charge < -0.3 is 14.8 Å². The van der Waals surface area contributed by atoms with Crippen LogP contribution in [0.2, 0.25) is 5.15 Å². The lowest BCUT2D eigenvalue weighted by Crippen LogP contribution is -2.34. The van der Waals surface area contributed by atoms with Gasteiger partial charge >= 0.3 is 5.97 Å². The number of nitrogens with zero attached hydrogens (tertiary/aromatic N) is 1. The predicted octanol–water partition coefficient (Wildman–Crippen LogP) is 3.75. The molecule has 0 amide bonds. The summed E-state index contributed by atoms with van der Waals surface area (Å²) in [6.45, 7) is 5.44. The summed E-state index contributed by atoms with van der Waals surface area (Å²) in [6, 6.07) is 0.990. The van der Waals surface area contributed by atoms with Crippen LogP contribution in [-0.2, 0) is 9.47 Å². The minimum Gasteiger partial charge on any atom is -0.495 e. The molecule has 0 aliphatic carbocycles. The fourth-order valence-electron chi connectivity index (χ4n) is 2.14. The van der Waals surface area contributed by atoms with Crippen LogP contribution < -0.4 is 5.32 Å². The summed E-state index contributed by atoms with van der Waals surface area (Å²) in [5.41, 5.74) is 1.26. The molecule has 0 saturated heterocycles. The lowest BCUT2D eigenvalue weighted by molar-refractivity contribution is 0.0600. The van der Waals surface area contributed by atoms with Crippen LogP contribution in [0.4, 0.5) is 4.39 Å². The third kappa shape index (κ3) is 4.47. The van der Waals surface area contributed by atoms with Crippen molar-refractivity contribution in [3.63, 3.8) is 0 Å². The number of halogens is 2. The zero-order valence-electron chi connectivity index (χ0n) is 14.4. The number of rotatable bonds is 4. The van der Waals surface area contributed by atoms with Gasteiger partial charge in [0.2, 0.25) is 0 Å². The van der Waals surface area contributed by atoms with E-state index in [1.54, 1.807) is 12.3 Å². The summed E-state index contributed by atoms with van der Waals surface area (Å²) >= 11 is 5.93. The summed E-state index contributed by atoms with van der Waals surface area (Å²) in [7, 11) is 2.76. The van der Waals surface area contributed by atoms with Crippen LogP contribution in [0, 0.1) is 0 Å². The predicted molar refractivity (Wildman–Crippen MR) is 92.5 cm³/mol. The number of dihydropyridines is 1. The van der Waals surface area contributed by atoms with E-state index in [9.17, 15) is 9.18 Å². The second-order valence-electron chi connectivity index (χ2n) is 4.71. The third-order valence-electron chi connectivity index (χ3n) is 3.30. The van der Waals surface area contributed by atoms with Crippen molar-refractivity contribution in [1.29, 1.82) is 0 Å². The van der Waals surface area contributed by atoms with Crippen molar-refractivity contribution in [2.75, 3.05) is 14.2 Å². The number of methoxy groups -OCH3 is 2. The molecule has 1 aromatic rings. The number of aromatic nitrogens is 1. The van der Waals surface area contributed by atoms with Crippen molar-refractivity contribution >= 4 is 23.1 Å². The first-order valence-corrected chi connectivity index (χ1v) is 7.96. The maximum absolute atomic E-state index is 13.6. The zero-order chi connectivity index (χ0) is 18.3. The van der Waals surface area contributed by atoms with Gasteiger partial charge in [-0.25, -0.2) is 14.2 Å². The first kappa shape index (κ1) is 20.0. The number of hydrogen-bond acceptors (Lipinski definition) is 5. The van der Waals surface area contributed by atoms with Gasteiger partial charge in [0.05, 0.1) is 25.8 Å². The first-order valence-electron chi connectivity index (χ1n) is 7.58. The monoisotopic (exact) mass is 356 g/mol. The molecule has 2 heterocycles. The van der Waals surface area contributed by atoms with E-state index in [1.165, 1.54) is 33.4 Å². The standard InChI is InChI=1S/C15H16ClFN2O3.C2H6/c1-8(17)12-4-10(13(21-2)7-18-12)9-5-14(16)19-6-11(9)15(20)22-3;1-2/h4-8,12,18H,1-3H3;1-2H3. The van der Waals surface area contributed by atoms with Gasteiger partial charge in [-0.2, -0.15) is 0 Å². The fourth-order valence-corrected chi connectivity index (χ4v) is 2.30. The van der Waals surface area contributed by atoms with Crippen LogP contribution in [-0.4, -0.2) is 37.4 Å². The average molecular weight is 357 g/mol. The summed E-state index contributed by atoms with van der Waals surface area (Å²) < 4.78 is 23.6. The van der Waals surface area contributed by atoms with Crippen LogP contribution in [0.5, 0.6) is 0 Å². The lowest BCUT2D eigenvalue weighted by Gasteiger charge is -2.24. The van der Waals surface area contributed by atoms with Gasteiger partial charge in [-0.05, 0) is 19.1 Å². The minimum absolute atomic E-state index is 0.211. The van der Waals surface area contributed by atoms with Crippen LogP contribution in [0.25, 0.3) is 5.57 Å². The number of nitrogens with one attached hydrogen (secondary N) is 1. The molecule has 1 aliphatic heterocycles. The second-order valence-corrected chi connectivity index (χ2v) is 5.09. The Bertz CT molecular complexity index is 645. The molecular weight excluding hydrogens is 335 g/mol. The molecular formula is C17H22ClFN2O3. The number of pyridine rings is 1. The molecule has 1 N–H and O–H groups in total. The van der Waals surface area contributed by atoms with E-state index in [0.29, 0.717) is 16.9 Å². The molecule has 1 aromatic heterocycles. The van der Waals surface area contributed by atoms with E-state index >= 15 is 0 Å². The molecule has 24 heavy (non-hydrogen) atoms. The average Bonchev–Trinajstić information content (AvgIpc) is 2.62. The fraction of sp³-hybridized carbons (Fsp3) is 0.412. The molecule has 0 saturated carbocycles. The third-order valence-corrected chi connectivity index (χ3v) is 3.51. The number of allylic oxidation sites excluding steroid dienone is 1. The molecule has 0 bridgehead atoms. The van der Waals surface area contributed by atoms with Gasteiger partial charge in [0.15, 0.2) is 0 Å². The van der Waals surface area contributed by atoms with Crippen molar-refractivity contribution in [2.45, 2.75) is 33.0 Å². The molecule has 1 aliphatic rings. The molecule has 0 fully saturated rings. The van der Waals surface area contributed by atoms with E-state index in [2.05, 4.69) is 10.3 Å². The van der Waals surface area contributed by atoms with E-state index in [4.69, 9.17) is 21.1 Å². The molecule has 7 heteroatoms.